The second-order valence-corrected chi connectivity index (χ2v) is 7.32. The van der Waals surface area contributed by atoms with Gasteiger partial charge in [0.1, 0.15) is 5.82 Å². The molecule has 1 aromatic heterocycles. The molecule has 3 heteroatoms. The van der Waals surface area contributed by atoms with E-state index in [0.29, 0.717) is 6.04 Å². The molecular formula is C18H25N3. The number of hydrogen-bond acceptors (Lipinski definition) is 3. The van der Waals surface area contributed by atoms with Crippen molar-refractivity contribution in [3.8, 4) is 0 Å². The molecule has 0 amide bonds. The van der Waals surface area contributed by atoms with Crippen LogP contribution in [-0.4, -0.2) is 25.1 Å². The quantitative estimate of drug-likeness (QED) is 0.916. The molecule has 1 heterocycles. The summed E-state index contributed by atoms with van der Waals surface area (Å²) in [6.45, 7) is 6.76. The lowest BCUT2D eigenvalue weighted by atomic mass is 9.86. The summed E-state index contributed by atoms with van der Waals surface area (Å²) in [4.78, 5) is 6.77. The lowest BCUT2D eigenvalue weighted by Crippen LogP contribution is -2.14. The highest BCUT2D eigenvalue weighted by Gasteiger charge is 2.23. The van der Waals surface area contributed by atoms with Crippen LogP contribution in [0.3, 0.4) is 0 Å². The summed E-state index contributed by atoms with van der Waals surface area (Å²) in [6, 6.07) is 7.44. The fraction of sp³-hybridized carbons (Fsp3) is 0.500. The first-order chi connectivity index (χ1) is 9.86. The number of hydrogen-bond donors (Lipinski definition) is 1. The predicted octanol–water partition coefficient (Wildman–Crippen LogP) is 4.17. The Morgan fingerprint density at radius 2 is 1.86 bits per heavy atom. The molecular weight excluding hydrogens is 258 g/mol. The Labute approximate surface area is 127 Å². The van der Waals surface area contributed by atoms with Gasteiger partial charge >= 0.3 is 0 Å². The molecule has 1 aliphatic carbocycles. The predicted molar refractivity (Wildman–Crippen MR) is 91.4 cm³/mol. The van der Waals surface area contributed by atoms with Crippen molar-refractivity contribution in [2.24, 2.45) is 0 Å². The Balaban J connectivity index is 2.18. The first kappa shape index (κ1) is 14.2. The van der Waals surface area contributed by atoms with E-state index < -0.39 is 0 Å². The van der Waals surface area contributed by atoms with E-state index in [2.05, 4.69) is 68.3 Å². The van der Waals surface area contributed by atoms with Gasteiger partial charge in [0.05, 0.1) is 11.9 Å². The van der Waals surface area contributed by atoms with Gasteiger partial charge in [0.15, 0.2) is 0 Å². The Morgan fingerprint density at radius 1 is 1.14 bits per heavy atom. The lowest BCUT2D eigenvalue weighted by molar-refractivity contribution is 0.591. The van der Waals surface area contributed by atoms with Gasteiger partial charge in [0.25, 0.3) is 0 Å². The number of nitrogens with zero attached hydrogens (tertiary/aromatic N) is 2. The summed E-state index contributed by atoms with van der Waals surface area (Å²) in [7, 11) is 4.11. The summed E-state index contributed by atoms with van der Waals surface area (Å²) in [5, 5.41) is 6.11. The van der Waals surface area contributed by atoms with Crippen molar-refractivity contribution in [3.63, 3.8) is 0 Å². The highest BCUT2D eigenvalue weighted by atomic mass is 15.1. The number of anilines is 2. The molecule has 1 fully saturated rings. The maximum atomic E-state index is 4.67. The molecule has 0 radical (unpaired) electrons. The molecule has 3 nitrogen and oxygen atoms in total. The number of fused-ring (bicyclic) bond motifs is 1. The van der Waals surface area contributed by atoms with E-state index >= 15 is 0 Å². The molecule has 1 aromatic carbocycles. The van der Waals surface area contributed by atoms with Gasteiger partial charge < -0.3 is 10.2 Å². The average Bonchev–Trinajstić information content (AvgIpc) is 3.21. The Hall–Kier alpha value is -1.77. The van der Waals surface area contributed by atoms with E-state index in [1.807, 2.05) is 6.20 Å². The van der Waals surface area contributed by atoms with E-state index in [9.17, 15) is 0 Å². The molecule has 0 spiro atoms. The van der Waals surface area contributed by atoms with Crippen LogP contribution in [0.2, 0.25) is 0 Å². The number of benzene rings is 1. The van der Waals surface area contributed by atoms with Crippen LogP contribution in [0.1, 0.15) is 39.2 Å². The first-order valence-electron chi connectivity index (χ1n) is 7.73. The molecule has 1 N–H and O–H groups in total. The van der Waals surface area contributed by atoms with E-state index in [4.69, 9.17) is 0 Å². The minimum absolute atomic E-state index is 0.150. The monoisotopic (exact) mass is 283 g/mol. The largest absolute Gasteiger partial charge is 0.381 e. The van der Waals surface area contributed by atoms with E-state index in [1.54, 1.807) is 0 Å². The fourth-order valence-electron chi connectivity index (χ4n) is 2.61. The van der Waals surface area contributed by atoms with Crippen molar-refractivity contribution in [1.29, 1.82) is 0 Å². The molecule has 0 aliphatic heterocycles. The van der Waals surface area contributed by atoms with E-state index in [-0.39, 0.29) is 5.41 Å². The molecule has 112 valence electrons. The second kappa shape index (κ2) is 4.90. The van der Waals surface area contributed by atoms with Gasteiger partial charge in [-0.05, 0) is 29.9 Å². The zero-order valence-electron chi connectivity index (χ0n) is 13.7. The van der Waals surface area contributed by atoms with Crippen LogP contribution < -0.4 is 10.2 Å². The van der Waals surface area contributed by atoms with Crippen molar-refractivity contribution < 1.29 is 0 Å². The summed E-state index contributed by atoms with van der Waals surface area (Å²) in [5.41, 5.74) is 2.67. The Morgan fingerprint density at radius 3 is 2.43 bits per heavy atom. The average molecular weight is 283 g/mol. The molecule has 1 saturated carbocycles. The zero-order valence-corrected chi connectivity index (χ0v) is 13.7. The van der Waals surface area contributed by atoms with Gasteiger partial charge in [-0.1, -0.05) is 32.9 Å². The van der Waals surface area contributed by atoms with Crippen molar-refractivity contribution >= 4 is 22.3 Å². The third kappa shape index (κ3) is 2.82. The second-order valence-electron chi connectivity index (χ2n) is 7.32. The number of nitrogens with one attached hydrogen (secondary N) is 1. The van der Waals surface area contributed by atoms with Crippen LogP contribution in [0.25, 0.3) is 10.8 Å². The summed E-state index contributed by atoms with van der Waals surface area (Å²) in [6.07, 6.45) is 4.53. The molecule has 21 heavy (non-hydrogen) atoms. The molecule has 2 aromatic rings. The van der Waals surface area contributed by atoms with Crippen molar-refractivity contribution in [1.82, 2.24) is 4.98 Å². The lowest BCUT2D eigenvalue weighted by Gasteiger charge is -2.22. The van der Waals surface area contributed by atoms with Crippen molar-refractivity contribution in [2.45, 2.75) is 45.1 Å². The zero-order chi connectivity index (χ0) is 15.2. The maximum Gasteiger partial charge on any atom is 0.136 e. The van der Waals surface area contributed by atoms with Gasteiger partial charge in [0, 0.05) is 30.9 Å². The third-order valence-corrected chi connectivity index (χ3v) is 4.09. The fourth-order valence-corrected chi connectivity index (χ4v) is 2.61. The smallest absolute Gasteiger partial charge is 0.136 e. The van der Waals surface area contributed by atoms with Crippen LogP contribution in [-0.2, 0) is 5.41 Å². The minimum Gasteiger partial charge on any atom is -0.381 e. The normalized spacial score (nSPS) is 15.3. The first-order valence-corrected chi connectivity index (χ1v) is 7.73. The van der Waals surface area contributed by atoms with Crippen LogP contribution >= 0.6 is 0 Å². The number of aromatic nitrogens is 1. The highest BCUT2D eigenvalue weighted by molar-refractivity contribution is 6.00. The molecule has 3 rings (SSSR count). The summed E-state index contributed by atoms with van der Waals surface area (Å²) >= 11 is 0. The van der Waals surface area contributed by atoms with Crippen LogP contribution in [0.5, 0.6) is 0 Å². The number of pyridine rings is 1. The molecule has 0 unspecified atom stereocenters. The SMILES string of the molecule is CN(C)c1ncc(NC2CC2)c2ccc(C(C)(C)C)cc12. The van der Waals surface area contributed by atoms with Crippen LogP contribution in [0.4, 0.5) is 11.5 Å². The third-order valence-electron chi connectivity index (χ3n) is 4.09. The van der Waals surface area contributed by atoms with Gasteiger partial charge in [-0.25, -0.2) is 4.98 Å². The highest BCUT2D eigenvalue weighted by Crippen LogP contribution is 2.35. The van der Waals surface area contributed by atoms with Crippen molar-refractivity contribution in [3.05, 3.63) is 30.0 Å². The number of rotatable bonds is 3. The van der Waals surface area contributed by atoms with Crippen molar-refractivity contribution in [2.75, 3.05) is 24.3 Å². The summed E-state index contributed by atoms with van der Waals surface area (Å²) < 4.78 is 0. The Kier molecular flexibility index (Phi) is 3.31. The van der Waals surface area contributed by atoms with Gasteiger partial charge in [-0.2, -0.15) is 0 Å². The maximum absolute atomic E-state index is 4.67. The Bertz CT molecular complexity index is 664. The van der Waals surface area contributed by atoms with Crippen LogP contribution in [0.15, 0.2) is 24.4 Å². The molecule has 0 atom stereocenters. The minimum atomic E-state index is 0.150. The van der Waals surface area contributed by atoms with Gasteiger partial charge in [0.2, 0.25) is 0 Å². The van der Waals surface area contributed by atoms with Gasteiger partial charge in [-0.3, -0.25) is 0 Å². The molecule has 1 aliphatic rings. The van der Waals surface area contributed by atoms with E-state index in [1.165, 1.54) is 34.9 Å². The topological polar surface area (TPSA) is 28.2 Å². The molecule has 0 saturated heterocycles. The van der Waals surface area contributed by atoms with Crippen LogP contribution in [0, 0.1) is 0 Å². The van der Waals surface area contributed by atoms with Gasteiger partial charge in [-0.15, -0.1) is 0 Å². The summed E-state index contributed by atoms with van der Waals surface area (Å²) in [5.74, 6) is 1.04. The van der Waals surface area contributed by atoms with E-state index in [0.717, 1.165) is 5.82 Å². The molecule has 0 bridgehead atoms. The standard InChI is InChI=1S/C18H25N3/c1-18(2,3)12-6-9-14-15(10-12)17(21(4)5)19-11-16(14)20-13-7-8-13/h6,9-11,13,20H,7-8H2,1-5H3.